The molecule has 3 rings (SSSR count). The van der Waals surface area contributed by atoms with E-state index in [-0.39, 0.29) is 23.3 Å². The van der Waals surface area contributed by atoms with Crippen LogP contribution in [0.5, 0.6) is 0 Å². The van der Waals surface area contributed by atoms with Crippen molar-refractivity contribution in [2.45, 2.75) is 45.8 Å². The van der Waals surface area contributed by atoms with Crippen molar-refractivity contribution in [3.8, 4) is 0 Å². The maximum absolute atomic E-state index is 12.8. The van der Waals surface area contributed by atoms with Gasteiger partial charge in [0.15, 0.2) is 0 Å². The zero-order valence-corrected chi connectivity index (χ0v) is 16.4. The second-order valence-electron chi connectivity index (χ2n) is 6.88. The lowest BCUT2D eigenvalue weighted by Crippen LogP contribution is -2.51. The number of piperidine rings is 1. The molecule has 2 aromatic rings. The summed E-state index contributed by atoms with van der Waals surface area (Å²) < 4.78 is 2.82. The van der Waals surface area contributed by atoms with Crippen LogP contribution in [0.2, 0.25) is 0 Å². The molecule has 2 N–H and O–H groups in total. The molecule has 1 aliphatic heterocycles. The van der Waals surface area contributed by atoms with Gasteiger partial charge in [0.25, 0.3) is 5.56 Å². The maximum Gasteiger partial charge on any atom is 0.331 e. The van der Waals surface area contributed by atoms with Crippen molar-refractivity contribution < 1.29 is 4.79 Å². The van der Waals surface area contributed by atoms with Crippen LogP contribution in [0, 0.1) is 0 Å². The van der Waals surface area contributed by atoms with Crippen LogP contribution >= 0.6 is 0 Å². The fourth-order valence-electron chi connectivity index (χ4n) is 3.55. The summed E-state index contributed by atoms with van der Waals surface area (Å²) in [7, 11) is 0. The van der Waals surface area contributed by atoms with E-state index in [1.165, 1.54) is 4.57 Å². The van der Waals surface area contributed by atoms with Crippen molar-refractivity contribution in [1.29, 1.82) is 0 Å². The van der Waals surface area contributed by atoms with E-state index in [9.17, 15) is 14.4 Å². The van der Waals surface area contributed by atoms with Crippen molar-refractivity contribution in [2.75, 3.05) is 23.3 Å². The molecule has 28 heavy (non-hydrogen) atoms. The normalized spacial score (nSPS) is 16.6. The number of nitrogens with zero attached hydrogens (tertiary/aromatic N) is 3. The number of hydrogen-bond acceptors (Lipinski definition) is 4. The van der Waals surface area contributed by atoms with E-state index in [0.29, 0.717) is 25.3 Å². The molecule has 1 aliphatic rings. The molecule has 1 atom stereocenters. The zero-order chi connectivity index (χ0) is 20.1. The highest BCUT2D eigenvalue weighted by atomic mass is 16.2. The first-order valence-electron chi connectivity index (χ1n) is 9.75. The van der Waals surface area contributed by atoms with Crippen molar-refractivity contribution in [3.05, 3.63) is 57.4 Å². The Hall–Kier alpha value is -3.03. The average molecular weight is 385 g/mol. The fourth-order valence-corrected chi connectivity index (χ4v) is 3.55. The average Bonchev–Trinajstić information content (AvgIpc) is 2.69. The summed E-state index contributed by atoms with van der Waals surface area (Å²) in [5.74, 6) is 0. The number of rotatable bonds is 5. The number of carbonyl (C=O) groups excluding carboxylic acids is 1. The van der Waals surface area contributed by atoms with Gasteiger partial charge in [-0.05, 0) is 38.8 Å². The number of amides is 2. The zero-order valence-electron chi connectivity index (χ0n) is 16.4. The van der Waals surface area contributed by atoms with Crippen molar-refractivity contribution in [1.82, 2.24) is 14.5 Å². The van der Waals surface area contributed by atoms with Gasteiger partial charge in [0.2, 0.25) is 0 Å². The Morgan fingerprint density at radius 1 is 1.14 bits per heavy atom. The van der Waals surface area contributed by atoms with Gasteiger partial charge in [0, 0.05) is 44.1 Å². The molecule has 0 radical (unpaired) electrons. The van der Waals surface area contributed by atoms with Crippen molar-refractivity contribution in [3.63, 3.8) is 0 Å². The SMILES string of the molecule is CCn1cc(N2CCCC(NC(=O)Nc3ccccc3)C2)c(=O)n(CC)c1=O. The molecule has 2 amide bonds. The van der Waals surface area contributed by atoms with E-state index in [1.54, 1.807) is 17.7 Å². The number of aryl methyl sites for hydroxylation is 1. The van der Waals surface area contributed by atoms with Crippen LogP contribution < -0.4 is 26.8 Å². The van der Waals surface area contributed by atoms with E-state index < -0.39 is 0 Å². The Morgan fingerprint density at radius 3 is 2.57 bits per heavy atom. The predicted octanol–water partition coefficient (Wildman–Crippen LogP) is 1.84. The summed E-state index contributed by atoms with van der Waals surface area (Å²) >= 11 is 0. The highest BCUT2D eigenvalue weighted by molar-refractivity contribution is 5.89. The van der Waals surface area contributed by atoms with Gasteiger partial charge >= 0.3 is 11.7 Å². The number of carbonyl (C=O) groups is 1. The number of anilines is 2. The molecule has 0 bridgehead atoms. The summed E-state index contributed by atoms with van der Waals surface area (Å²) in [5.41, 5.74) is 0.686. The minimum Gasteiger partial charge on any atom is -0.364 e. The number of nitrogens with one attached hydrogen (secondary N) is 2. The molecule has 150 valence electrons. The molecule has 8 heteroatoms. The fraction of sp³-hybridized carbons (Fsp3) is 0.450. The van der Waals surface area contributed by atoms with Gasteiger partial charge in [-0.15, -0.1) is 0 Å². The van der Waals surface area contributed by atoms with Crippen molar-refractivity contribution in [2.24, 2.45) is 0 Å². The van der Waals surface area contributed by atoms with Crippen LogP contribution in [-0.4, -0.2) is 34.3 Å². The molecule has 1 aromatic heterocycles. The van der Waals surface area contributed by atoms with E-state index >= 15 is 0 Å². The Morgan fingerprint density at radius 2 is 1.89 bits per heavy atom. The first-order valence-corrected chi connectivity index (χ1v) is 9.75. The molecule has 1 saturated heterocycles. The third-order valence-corrected chi connectivity index (χ3v) is 5.00. The Labute approximate surface area is 163 Å². The van der Waals surface area contributed by atoms with Gasteiger partial charge in [-0.2, -0.15) is 0 Å². The summed E-state index contributed by atoms with van der Waals surface area (Å²) in [6.07, 6.45) is 3.34. The molecule has 0 saturated carbocycles. The first-order chi connectivity index (χ1) is 13.5. The number of aromatic nitrogens is 2. The van der Waals surface area contributed by atoms with Crippen LogP contribution in [0.25, 0.3) is 0 Å². The van der Waals surface area contributed by atoms with Crippen molar-refractivity contribution >= 4 is 17.4 Å². The Kier molecular flexibility index (Phi) is 6.18. The Bertz CT molecular complexity index is 935. The van der Waals surface area contributed by atoms with Gasteiger partial charge in [-0.1, -0.05) is 18.2 Å². The lowest BCUT2D eigenvalue weighted by molar-refractivity contribution is 0.246. The first kappa shape index (κ1) is 19.7. The summed E-state index contributed by atoms with van der Waals surface area (Å²) in [6.45, 7) is 5.76. The van der Waals surface area contributed by atoms with E-state index in [0.717, 1.165) is 25.1 Å². The second-order valence-corrected chi connectivity index (χ2v) is 6.88. The molecule has 1 aromatic carbocycles. The topological polar surface area (TPSA) is 88.4 Å². The van der Waals surface area contributed by atoms with Crippen LogP contribution in [0.15, 0.2) is 46.1 Å². The molecule has 0 aliphatic carbocycles. The second kappa shape index (κ2) is 8.77. The summed E-state index contributed by atoms with van der Waals surface area (Å²) in [6, 6.07) is 8.93. The molecular formula is C20H27N5O3. The number of urea groups is 1. The van der Waals surface area contributed by atoms with E-state index in [2.05, 4.69) is 10.6 Å². The monoisotopic (exact) mass is 385 g/mol. The van der Waals surface area contributed by atoms with E-state index in [4.69, 9.17) is 0 Å². The Balaban J connectivity index is 1.74. The standard InChI is InChI=1S/C20H27N5O3/c1-3-23-14-17(18(26)25(4-2)20(23)28)24-12-8-11-16(13-24)22-19(27)21-15-9-6-5-7-10-15/h5-7,9-10,14,16H,3-4,8,11-13H2,1-2H3,(H2,21,22,27). The van der Waals surface area contributed by atoms with Gasteiger partial charge in [-0.25, -0.2) is 9.59 Å². The molecule has 1 unspecified atom stereocenters. The largest absolute Gasteiger partial charge is 0.364 e. The number of para-hydroxylation sites is 1. The lowest BCUT2D eigenvalue weighted by Gasteiger charge is -2.34. The van der Waals surface area contributed by atoms with Gasteiger partial charge in [0.05, 0.1) is 0 Å². The van der Waals surface area contributed by atoms with Gasteiger partial charge in [0.1, 0.15) is 5.69 Å². The molecule has 2 heterocycles. The van der Waals surface area contributed by atoms with Crippen LogP contribution in [0.1, 0.15) is 26.7 Å². The summed E-state index contributed by atoms with van der Waals surface area (Å²) in [4.78, 5) is 39.3. The predicted molar refractivity (Wildman–Crippen MR) is 110 cm³/mol. The third kappa shape index (κ3) is 4.27. The molecular weight excluding hydrogens is 358 g/mol. The highest BCUT2D eigenvalue weighted by Gasteiger charge is 2.24. The minimum absolute atomic E-state index is 0.0751. The third-order valence-electron chi connectivity index (χ3n) is 5.00. The maximum atomic E-state index is 12.8. The molecule has 0 spiro atoms. The highest BCUT2D eigenvalue weighted by Crippen LogP contribution is 2.16. The quantitative estimate of drug-likeness (QED) is 0.822. The minimum atomic E-state index is -0.285. The van der Waals surface area contributed by atoms with Crippen LogP contribution in [-0.2, 0) is 13.1 Å². The van der Waals surface area contributed by atoms with Crippen LogP contribution in [0.4, 0.5) is 16.2 Å². The molecule has 1 fully saturated rings. The van der Waals surface area contributed by atoms with Gasteiger partial charge < -0.3 is 15.5 Å². The lowest BCUT2D eigenvalue weighted by atomic mass is 10.1. The molecule has 8 nitrogen and oxygen atoms in total. The smallest absolute Gasteiger partial charge is 0.331 e. The number of benzene rings is 1. The van der Waals surface area contributed by atoms with Gasteiger partial charge in [-0.3, -0.25) is 13.9 Å². The number of hydrogen-bond donors (Lipinski definition) is 2. The van der Waals surface area contributed by atoms with E-state index in [1.807, 2.05) is 42.2 Å². The summed E-state index contributed by atoms with van der Waals surface area (Å²) in [5, 5.41) is 5.81. The van der Waals surface area contributed by atoms with Crippen LogP contribution in [0.3, 0.4) is 0 Å².